The normalized spacial score (nSPS) is 21.6. The van der Waals surface area contributed by atoms with Crippen LogP contribution in [-0.2, 0) is 0 Å². The summed E-state index contributed by atoms with van der Waals surface area (Å²) >= 11 is 0. The molecule has 1 aliphatic carbocycles. The molecule has 0 bridgehead atoms. The van der Waals surface area contributed by atoms with Gasteiger partial charge in [-0.3, -0.25) is 0 Å². The second-order valence-corrected chi connectivity index (χ2v) is 4.84. The monoisotopic (exact) mass is 198 g/mol. The molecule has 1 fully saturated rings. The maximum absolute atomic E-state index is 5.86. The lowest BCUT2D eigenvalue weighted by molar-refractivity contribution is 0.124. The summed E-state index contributed by atoms with van der Waals surface area (Å²) in [7, 11) is 0. The van der Waals surface area contributed by atoms with Crippen LogP contribution in [0.5, 0.6) is 0 Å². The van der Waals surface area contributed by atoms with Crippen molar-refractivity contribution in [3.63, 3.8) is 0 Å². The predicted molar refractivity (Wildman–Crippen MR) is 62.3 cm³/mol. The molecule has 14 heavy (non-hydrogen) atoms. The van der Waals surface area contributed by atoms with E-state index in [-0.39, 0.29) is 0 Å². The minimum absolute atomic E-state index is 0.390. The quantitative estimate of drug-likeness (QED) is 0.616. The van der Waals surface area contributed by atoms with Crippen molar-refractivity contribution in [1.29, 1.82) is 0 Å². The van der Waals surface area contributed by atoms with E-state index >= 15 is 0 Å². The molecule has 2 nitrogen and oxygen atoms in total. The van der Waals surface area contributed by atoms with E-state index in [0.717, 1.165) is 19.4 Å². The third-order valence-electron chi connectivity index (χ3n) is 3.88. The molecule has 0 aromatic carbocycles. The van der Waals surface area contributed by atoms with Gasteiger partial charge >= 0.3 is 0 Å². The summed E-state index contributed by atoms with van der Waals surface area (Å²) in [6.07, 6.45) is 7.84. The molecule has 1 saturated carbocycles. The van der Waals surface area contributed by atoms with Gasteiger partial charge in [-0.25, -0.2) is 0 Å². The van der Waals surface area contributed by atoms with Crippen LogP contribution in [0.2, 0.25) is 0 Å². The SMILES string of the molecule is CCC(N)CCNCC1(CC)CCC1. The Morgan fingerprint density at radius 1 is 1.36 bits per heavy atom. The zero-order valence-electron chi connectivity index (χ0n) is 9.81. The first-order valence-electron chi connectivity index (χ1n) is 6.19. The highest BCUT2D eigenvalue weighted by Crippen LogP contribution is 2.42. The lowest BCUT2D eigenvalue weighted by atomic mass is 9.67. The Kier molecular flexibility index (Phi) is 4.90. The van der Waals surface area contributed by atoms with Crippen LogP contribution >= 0.6 is 0 Å². The highest BCUT2D eigenvalue weighted by Gasteiger charge is 2.34. The summed E-state index contributed by atoms with van der Waals surface area (Å²) in [5, 5.41) is 3.56. The average molecular weight is 198 g/mol. The van der Waals surface area contributed by atoms with Crippen molar-refractivity contribution >= 4 is 0 Å². The molecule has 0 aromatic heterocycles. The molecule has 0 spiro atoms. The molecular formula is C12H26N2. The smallest absolute Gasteiger partial charge is 0.00482 e. The summed E-state index contributed by atoms with van der Waals surface area (Å²) < 4.78 is 0. The number of hydrogen-bond acceptors (Lipinski definition) is 2. The molecule has 3 N–H and O–H groups in total. The number of hydrogen-bond donors (Lipinski definition) is 2. The van der Waals surface area contributed by atoms with Gasteiger partial charge in [-0.1, -0.05) is 20.3 Å². The molecule has 0 amide bonds. The minimum Gasteiger partial charge on any atom is -0.328 e. The molecular weight excluding hydrogens is 172 g/mol. The highest BCUT2D eigenvalue weighted by atomic mass is 14.9. The van der Waals surface area contributed by atoms with Gasteiger partial charge in [0.1, 0.15) is 0 Å². The van der Waals surface area contributed by atoms with Crippen molar-refractivity contribution < 1.29 is 0 Å². The lowest BCUT2D eigenvalue weighted by Gasteiger charge is -2.41. The van der Waals surface area contributed by atoms with Gasteiger partial charge in [0, 0.05) is 12.6 Å². The van der Waals surface area contributed by atoms with Gasteiger partial charge in [0.05, 0.1) is 0 Å². The number of nitrogens with one attached hydrogen (secondary N) is 1. The van der Waals surface area contributed by atoms with Gasteiger partial charge < -0.3 is 11.1 Å². The van der Waals surface area contributed by atoms with E-state index in [0.29, 0.717) is 11.5 Å². The van der Waals surface area contributed by atoms with E-state index in [1.165, 1.54) is 32.2 Å². The standard InChI is InChI=1S/C12H26N2/c1-3-11(13)6-9-14-10-12(4-2)7-5-8-12/h11,14H,3-10,13H2,1-2H3. The van der Waals surface area contributed by atoms with Crippen LogP contribution in [0.3, 0.4) is 0 Å². The van der Waals surface area contributed by atoms with Gasteiger partial charge in [0.2, 0.25) is 0 Å². The largest absolute Gasteiger partial charge is 0.328 e. The van der Waals surface area contributed by atoms with Gasteiger partial charge in [0.25, 0.3) is 0 Å². The maximum Gasteiger partial charge on any atom is 0.00482 e. The van der Waals surface area contributed by atoms with Crippen molar-refractivity contribution in [1.82, 2.24) is 5.32 Å². The minimum atomic E-state index is 0.390. The molecule has 1 unspecified atom stereocenters. The Hall–Kier alpha value is -0.0800. The summed E-state index contributed by atoms with van der Waals surface area (Å²) in [5.41, 5.74) is 6.51. The Labute approximate surface area is 88.6 Å². The number of nitrogens with two attached hydrogens (primary N) is 1. The van der Waals surface area contributed by atoms with Crippen LogP contribution in [0.4, 0.5) is 0 Å². The Balaban J connectivity index is 2.03. The fraction of sp³-hybridized carbons (Fsp3) is 1.00. The molecule has 84 valence electrons. The first-order chi connectivity index (χ1) is 6.72. The van der Waals surface area contributed by atoms with Gasteiger partial charge in [-0.05, 0) is 44.1 Å². The maximum atomic E-state index is 5.86. The predicted octanol–water partition coefficient (Wildman–Crippen LogP) is 2.28. The first-order valence-corrected chi connectivity index (χ1v) is 6.19. The Bertz CT molecular complexity index is 147. The summed E-state index contributed by atoms with van der Waals surface area (Å²) in [5.74, 6) is 0. The number of rotatable bonds is 7. The lowest BCUT2D eigenvalue weighted by Crippen LogP contribution is -2.40. The molecule has 0 heterocycles. The van der Waals surface area contributed by atoms with Gasteiger partial charge in [-0.15, -0.1) is 0 Å². The molecule has 2 heteroatoms. The Morgan fingerprint density at radius 2 is 2.07 bits per heavy atom. The second-order valence-electron chi connectivity index (χ2n) is 4.84. The zero-order valence-corrected chi connectivity index (χ0v) is 9.81. The molecule has 0 aromatic rings. The summed E-state index contributed by atoms with van der Waals surface area (Å²) in [4.78, 5) is 0. The van der Waals surface area contributed by atoms with Gasteiger partial charge in [0.15, 0.2) is 0 Å². The fourth-order valence-corrected chi connectivity index (χ4v) is 2.18. The molecule has 0 saturated heterocycles. The third-order valence-corrected chi connectivity index (χ3v) is 3.88. The second kappa shape index (κ2) is 5.72. The van der Waals surface area contributed by atoms with E-state index in [9.17, 15) is 0 Å². The topological polar surface area (TPSA) is 38.0 Å². The van der Waals surface area contributed by atoms with Crippen LogP contribution in [0.15, 0.2) is 0 Å². The van der Waals surface area contributed by atoms with E-state index in [2.05, 4.69) is 19.2 Å². The van der Waals surface area contributed by atoms with Crippen LogP contribution in [-0.4, -0.2) is 19.1 Å². The van der Waals surface area contributed by atoms with Crippen LogP contribution < -0.4 is 11.1 Å². The average Bonchev–Trinajstić information content (AvgIpc) is 2.15. The summed E-state index contributed by atoms with van der Waals surface area (Å²) in [6.45, 7) is 6.78. The highest BCUT2D eigenvalue weighted by molar-refractivity contribution is 4.88. The van der Waals surface area contributed by atoms with Crippen LogP contribution in [0, 0.1) is 5.41 Å². The van der Waals surface area contributed by atoms with E-state index in [1.54, 1.807) is 0 Å². The summed E-state index contributed by atoms with van der Waals surface area (Å²) in [6, 6.07) is 0.390. The third kappa shape index (κ3) is 3.25. The van der Waals surface area contributed by atoms with Crippen molar-refractivity contribution in [3.05, 3.63) is 0 Å². The fourth-order valence-electron chi connectivity index (χ4n) is 2.18. The molecule has 0 aliphatic heterocycles. The zero-order chi connectivity index (χ0) is 10.4. The first kappa shape index (κ1) is 12.0. The molecule has 1 rings (SSSR count). The van der Waals surface area contributed by atoms with Crippen molar-refractivity contribution in [2.75, 3.05) is 13.1 Å². The van der Waals surface area contributed by atoms with E-state index in [4.69, 9.17) is 5.73 Å². The van der Waals surface area contributed by atoms with Crippen molar-refractivity contribution in [2.45, 2.75) is 58.4 Å². The molecule has 1 atom stereocenters. The van der Waals surface area contributed by atoms with E-state index < -0.39 is 0 Å². The van der Waals surface area contributed by atoms with Gasteiger partial charge in [-0.2, -0.15) is 0 Å². The molecule has 1 aliphatic rings. The Morgan fingerprint density at radius 3 is 2.50 bits per heavy atom. The van der Waals surface area contributed by atoms with Crippen molar-refractivity contribution in [3.8, 4) is 0 Å². The van der Waals surface area contributed by atoms with E-state index in [1.807, 2.05) is 0 Å². The van der Waals surface area contributed by atoms with Crippen LogP contribution in [0.1, 0.15) is 52.4 Å². The molecule has 0 radical (unpaired) electrons. The van der Waals surface area contributed by atoms with Crippen LogP contribution in [0.25, 0.3) is 0 Å². The van der Waals surface area contributed by atoms with Crippen molar-refractivity contribution in [2.24, 2.45) is 11.1 Å².